The minimum absolute atomic E-state index is 0.102. The summed E-state index contributed by atoms with van der Waals surface area (Å²) in [4.78, 5) is 4.29. The molecule has 106 valence electrons. The van der Waals surface area contributed by atoms with Gasteiger partial charge in [0.1, 0.15) is 5.82 Å². The SMILES string of the molecule is CCNC(c1cc(C)cnc1N)C1(C)CCCCO1. The first-order chi connectivity index (χ1) is 9.07. The fraction of sp³-hybridized carbons (Fsp3) is 0.667. The molecule has 2 unspecified atom stereocenters. The minimum atomic E-state index is -0.197. The van der Waals surface area contributed by atoms with E-state index < -0.39 is 0 Å². The first-order valence-electron chi connectivity index (χ1n) is 7.16. The Labute approximate surface area is 115 Å². The molecule has 2 atom stereocenters. The number of nitrogens with zero attached hydrogens (tertiary/aromatic N) is 1. The molecule has 3 N–H and O–H groups in total. The van der Waals surface area contributed by atoms with Crippen molar-refractivity contribution in [3.63, 3.8) is 0 Å². The van der Waals surface area contributed by atoms with Gasteiger partial charge in [-0.2, -0.15) is 0 Å². The molecule has 0 spiro atoms. The number of aryl methyl sites for hydroxylation is 1. The molecule has 19 heavy (non-hydrogen) atoms. The maximum Gasteiger partial charge on any atom is 0.128 e. The summed E-state index contributed by atoms with van der Waals surface area (Å²) in [5.74, 6) is 0.604. The highest BCUT2D eigenvalue weighted by Crippen LogP contribution is 2.38. The number of nitrogens with one attached hydrogen (secondary N) is 1. The Morgan fingerprint density at radius 3 is 2.95 bits per heavy atom. The van der Waals surface area contributed by atoms with Crippen molar-refractivity contribution >= 4 is 5.82 Å². The third kappa shape index (κ3) is 3.07. The smallest absolute Gasteiger partial charge is 0.128 e. The van der Waals surface area contributed by atoms with Crippen LogP contribution in [0.5, 0.6) is 0 Å². The van der Waals surface area contributed by atoms with Gasteiger partial charge in [0.25, 0.3) is 0 Å². The summed E-state index contributed by atoms with van der Waals surface area (Å²) < 4.78 is 6.08. The van der Waals surface area contributed by atoms with Crippen LogP contribution in [0.2, 0.25) is 0 Å². The minimum Gasteiger partial charge on any atom is -0.383 e. The lowest BCUT2D eigenvalue weighted by Gasteiger charge is -2.41. The molecule has 1 aromatic rings. The van der Waals surface area contributed by atoms with Gasteiger partial charge in [-0.25, -0.2) is 4.98 Å². The maximum absolute atomic E-state index is 6.08. The van der Waals surface area contributed by atoms with Gasteiger partial charge in [-0.15, -0.1) is 0 Å². The summed E-state index contributed by atoms with van der Waals surface area (Å²) in [5, 5.41) is 3.53. The molecule has 1 aromatic heterocycles. The highest BCUT2D eigenvalue weighted by molar-refractivity contribution is 5.44. The lowest BCUT2D eigenvalue weighted by atomic mass is 9.84. The number of ether oxygens (including phenoxy) is 1. The molecule has 1 fully saturated rings. The number of nitrogen functional groups attached to an aromatic ring is 1. The maximum atomic E-state index is 6.08. The van der Waals surface area contributed by atoms with Crippen molar-refractivity contribution in [2.24, 2.45) is 0 Å². The molecule has 1 aliphatic heterocycles. The van der Waals surface area contributed by atoms with Gasteiger partial charge in [-0.1, -0.05) is 6.92 Å². The van der Waals surface area contributed by atoms with Gasteiger partial charge >= 0.3 is 0 Å². The summed E-state index contributed by atoms with van der Waals surface area (Å²) in [6.07, 6.45) is 5.22. The van der Waals surface area contributed by atoms with E-state index in [4.69, 9.17) is 10.5 Å². The zero-order valence-electron chi connectivity index (χ0n) is 12.2. The van der Waals surface area contributed by atoms with E-state index in [-0.39, 0.29) is 11.6 Å². The quantitative estimate of drug-likeness (QED) is 0.876. The van der Waals surface area contributed by atoms with Crippen LogP contribution in [0.1, 0.15) is 50.3 Å². The Morgan fingerprint density at radius 2 is 2.32 bits per heavy atom. The highest BCUT2D eigenvalue weighted by Gasteiger charge is 2.38. The molecule has 0 saturated carbocycles. The van der Waals surface area contributed by atoms with Crippen LogP contribution < -0.4 is 11.1 Å². The van der Waals surface area contributed by atoms with E-state index in [1.54, 1.807) is 0 Å². The second-order valence-electron chi connectivity index (χ2n) is 5.60. The van der Waals surface area contributed by atoms with Gasteiger partial charge in [-0.3, -0.25) is 0 Å². The summed E-state index contributed by atoms with van der Waals surface area (Å²) >= 11 is 0. The summed E-state index contributed by atoms with van der Waals surface area (Å²) in [5.41, 5.74) is 8.08. The molecule has 2 rings (SSSR count). The van der Waals surface area contributed by atoms with Gasteiger partial charge in [-0.05, 0) is 51.3 Å². The van der Waals surface area contributed by atoms with E-state index >= 15 is 0 Å². The van der Waals surface area contributed by atoms with E-state index in [1.165, 1.54) is 6.42 Å². The number of anilines is 1. The van der Waals surface area contributed by atoms with Gasteiger partial charge in [0.05, 0.1) is 11.6 Å². The van der Waals surface area contributed by atoms with Gasteiger partial charge in [0, 0.05) is 18.4 Å². The number of hydrogen-bond acceptors (Lipinski definition) is 4. The van der Waals surface area contributed by atoms with Crippen molar-refractivity contribution < 1.29 is 4.74 Å². The zero-order valence-corrected chi connectivity index (χ0v) is 12.2. The molecule has 4 heteroatoms. The number of rotatable bonds is 4. The van der Waals surface area contributed by atoms with Crippen LogP contribution in [0.25, 0.3) is 0 Å². The van der Waals surface area contributed by atoms with Gasteiger partial charge in [0.2, 0.25) is 0 Å². The average molecular weight is 263 g/mol. The van der Waals surface area contributed by atoms with Gasteiger partial charge in [0.15, 0.2) is 0 Å². The van der Waals surface area contributed by atoms with Crippen molar-refractivity contribution in [2.75, 3.05) is 18.9 Å². The first kappa shape index (κ1) is 14.3. The van der Waals surface area contributed by atoms with Crippen LogP contribution in [0.15, 0.2) is 12.3 Å². The molecule has 1 aliphatic rings. The zero-order chi connectivity index (χ0) is 13.9. The highest BCUT2D eigenvalue weighted by atomic mass is 16.5. The number of hydrogen-bond donors (Lipinski definition) is 2. The second kappa shape index (κ2) is 5.88. The van der Waals surface area contributed by atoms with E-state index in [0.29, 0.717) is 5.82 Å². The van der Waals surface area contributed by atoms with Crippen LogP contribution in [-0.4, -0.2) is 23.7 Å². The van der Waals surface area contributed by atoms with Crippen molar-refractivity contribution in [3.05, 3.63) is 23.4 Å². The van der Waals surface area contributed by atoms with Crippen molar-refractivity contribution in [2.45, 2.75) is 51.7 Å². The number of pyridine rings is 1. The average Bonchev–Trinajstić information content (AvgIpc) is 2.40. The molecule has 0 radical (unpaired) electrons. The van der Waals surface area contributed by atoms with Crippen LogP contribution in [-0.2, 0) is 4.74 Å². The second-order valence-corrected chi connectivity index (χ2v) is 5.60. The molecular weight excluding hydrogens is 238 g/mol. The molecule has 2 heterocycles. The van der Waals surface area contributed by atoms with E-state index in [2.05, 4.69) is 30.2 Å². The Bertz CT molecular complexity index is 427. The third-order valence-electron chi connectivity index (χ3n) is 3.92. The molecule has 0 bridgehead atoms. The lowest BCUT2D eigenvalue weighted by molar-refractivity contribution is -0.0894. The Kier molecular flexibility index (Phi) is 4.42. The third-order valence-corrected chi connectivity index (χ3v) is 3.92. The molecule has 1 saturated heterocycles. The summed E-state index contributed by atoms with van der Waals surface area (Å²) in [7, 11) is 0. The normalized spacial score (nSPS) is 25.2. The van der Waals surface area contributed by atoms with Crippen LogP contribution in [0.3, 0.4) is 0 Å². The van der Waals surface area contributed by atoms with E-state index in [0.717, 1.165) is 37.1 Å². The predicted molar refractivity (Wildman–Crippen MR) is 78.0 cm³/mol. The molecule has 4 nitrogen and oxygen atoms in total. The van der Waals surface area contributed by atoms with Crippen molar-refractivity contribution in [1.82, 2.24) is 10.3 Å². The summed E-state index contributed by atoms with van der Waals surface area (Å²) in [6.45, 7) is 8.05. The standard InChI is InChI=1S/C15H25N3O/c1-4-17-13(15(3)7-5-6-8-19-15)12-9-11(2)10-18-14(12)16/h9-10,13,17H,4-8H2,1-3H3,(H2,16,18). The summed E-state index contributed by atoms with van der Waals surface area (Å²) in [6, 6.07) is 2.23. The van der Waals surface area contributed by atoms with Crippen molar-refractivity contribution in [3.8, 4) is 0 Å². The Balaban J connectivity index is 2.35. The van der Waals surface area contributed by atoms with E-state index in [1.807, 2.05) is 13.1 Å². The topological polar surface area (TPSA) is 60.2 Å². The van der Waals surface area contributed by atoms with E-state index in [9.17, 15) is 0 Å². The molecular formula is C15H25N3O. The number of likely N-dealkylation sites (N-methyl/N-ethyl adjacent to an activating group) is 1. The largest absolute Gasteiger partial charge is 0.383 e. The predicted octanol–water partition coefficient (Wildman–Crippen LogP) is 2.58. The fourth-order valence-electron chi connectivity index (χ4n) is 2.88. The van der Waals surface area contributed by atoms with Crippen molar-refractivity contribution in [1.29, 1.82) is 0 Å². The molecule has 0 amide bonds. The first-order valence-corrected chi connectivity index (χ1v) is 7.16. The van der Waals surface area contributed by atoms with Crippen LogP contribution >= 0.6 is 0 Å². The Hall–Kier alpha value is -1.13. The van der Waals surface area contributed by atoms with Crippen LogP contribution in [0.4, 0.5) is 5.82 Å². The number of nitrogens with two attached hydrogens (primary N) is 1. The van der Waals surface area contributed by atoms with Crippen LogP contribution in [0, 0.1) is 6.92 Å². The fourth-order valence-corrected chi connectivity index (χ4v) is 2.88. The number of aromatic nitrogens is 1. The molecule has 0 aromatic carbocycles. The Morgan fingerprint density at radius 1 is 1.53 bits per heavy atom. The van der Waals surface area contributed by atoms with Gasteiger partial charge < -0.3 is 15.8 Å². The monoisotopic (exact) mass is 263 g/mol. The molecule has 0 aliphatic carbocycles. The lowest BCUT2D eigenvalue weighted by Crippen LogP contribution is -2.46.